The largest absolute Gasteiger partial charge is 0.482 e. The van der Waals surface area contributed by atoms with E-state index >= 15 is 0 Å². The van der Waals surface area contributed by atoms with Gasteiger partial charge in [-0.05, 0) is 38.5 Å². The number of benzene rings is 1. The number of ether oxygens (including phenoxy) is 1. The molecule has 88 valence electrons. The highest BCUT2D eigenvalue weighted by Gasteiger charge is 2.35. The lowest BCUT2D eigenvalue weighted by Crippen LogP contribution is -2.29. The number of aryl methyl sites for hydroxylation is 2. The molecule has 0 amide bonds. The smallest absolute Gasteiger partial charge is 0.131 e. The Bertz CT molecular complexity index is 593. The predicted octanol–water partition coefficient (Wildman–Crippen LogP) is 3.63. The summed E-state index contributed by atoms with van der Waals surface area (Å²) in [4.78, 5) is 0. The number of hydrogen-bond acceptors (Lipinski definition) is 1. The van der Waals surface area contributed by atoms with E-state index in [2.05, 4.69) is 50.7 Å². The van der Waals surface area contributed by atoms with Crippen molar-refractivity contribution in [3.8, 4) is 17.0 Å². The first-order chi connectivity index (χ1) is 8.00. The molecule has 0 atom stereocenters. The third-order valence-corrected chi connectivity index (χ3v) is 3.48. The first-order valence-electron chi connectivity index (χ1n) is 5.95. The lowest BCUT2D eigenvalue weighted by atomic mass is 9.89. The molecule has 0 fully saturated rings. The normalized spacial score (nSPS) is 16.0. The molecule has 2 heteroatoms. The summed E-state index contributed by atoms with van der Waals surface area (Å²) in [6.45, 7) is 6.42. The Balaban J connectivity index is 2.39. The monoisotopic (exact) mass is 227 g/mol. The standard InChI is InChI=1S/C15H17NO/c1-10-9-16(4)14-11-7-5-6-8-12(11)17-15(2,3)13(10)14/h5-9H,1-4H3. The molecule has 0 radical (unpaired) electrons. The third-order valence-electron chi connectivity index (χ3n) is 3.48. The summed E-state index contributed by atoms with van der Waals surface area (Å²) in [6, 6.07) is 8.26. The second kappa shape index (κ2) is 3.16. The van der Waals surface area contributed by atoms with E-state index in [9.17, 15) is 0 Å². The third kappa shape index (κ3) is 1.33. The van der Waals surface area contributed by atoms with Crippen molar-refractivity contribution in [2.75, 3.05) is 0 Å². The van der Waals surface area contributed by atoms with Gasteiger partial charge < -0.3 is 9.30 Å². The number of aromatic nitrogens is 1. The molecule has 1 aliphatic rings. The van der Waals surface area contributed by atoms with Crippen molar-refractivity contribution in [2.45, 2.75) is 26.4 Å². The summed E-state index contributed by atoms with van der Waals surface area (Å²) in [5.74, 6) is 0.978. The maximum Gasteiger partial charge on any atom is 0.131 e. The van der Waals surface area contributed by atoms with Gasteiger partial charge in [-0.2, -0.15) is 0 Å². The van der Waals surface area contributed by atoms with Crippen molar-refractivity contribution in [3.63, 3.8) is 0 Å². The van der Waals surface area contributed by atoms with Crippen LogP contribution in [-0.4, -0.2) is 4.57 Å². The second-order valence-corrected chi connectivity index (χ2v) is 5.26. The van der Waals surface area contributed by atoms with Crippen LogP contribution >= 0.6 is 0 Å². The summed E-state index contributed by atoms with van der Waals surface area (Å²) < 4.78 is 8.33. The predicted molar refractivity (Wildman–Crippen MR) is 69.2 cm³/mol. The van der Waals surface area contributed by atoms with E-state index in [0.29, 0.717) is 0 Å². The molecular weight excluding hydrogens is 210 g/mol. The molecule has 2 heterocycles. The zero-order valence-electron chi connectivity index (χ0n) is 10.7. The Morgan fingerprint density at radius 1 is 1.18 bits per heavy atom. The molecule has 1 aromatic heterocycles. The Morgan fingerprint density at radius 2 is 1.88 bits per heavy atom. The van der Waals surface area contributed by atoms with Crippen LogP contribution in [0.3, 0.4) is 0 Å². The summed E-state index contributed by atoms with van der Waals surface area (Å²) in [6.07, 6.45) is 2.18. The van der Waals surface area contributed by atoms with Crippen LogP contribution in [0.1, 0.15) is 25.0 Å². The topological polar surface area (TPSA) is 14.2 Å². The molecule has 0 saturated carbocycles. The van der Waals surface area contributed by atoms with Gasteiger partial charge in [0, 0.05) is 24.4 Å². The molecule has 0 N–H and O–H groups in total. The fourth-order valence-electron chi connectivity index (χ4n) is 2.94. The van der Waals surface area contributed by atoms with Gasteiger partial charge in [0.05, 0.1) is 5.69 Å². The van der Waals surface area contributed by atoms with Gasteiger partial charge in [0.25, 0.3) is 0 Å². The van der Waals surface area contributed by atoms with E-state index in [-0.39, 0.29) is 5.60 Å². The Hall–Kier alpha value is -1.70. The number of hydrogen-bond donors (Lipinski definition) is 0. The van der Waals surface area contributed by atoms with E-state index in [0.717, 1.165) is 5.75 Å². The van der Waals surface area contributed by atoms with Crippen LogP contribution in [0.25, 0.3) is 11.3 Å². The first-order valence-corrected chi connectivity index (χ1v) is 5.95. The number of nitrogens with zero attached hydrogens (tertiary/aromatic N) is 1. The zero-order valence-corrected chi connectivity index (χ0v) is 10.7. The molecule has 1 aromatic carbocycles. The second-order valence-electron chi connectivity index (χ2n) is 5.26. The molecule has 2 aromatic rings. The van der Waals surface area contributed by atoms with Gasteiger partial charge in [-0.1, -0.05) is 12.1 Å². The number of rotatable bonds is 0. The van der Waals surface area contributed by atoms with E-state index in [1.165, 1.54) is 22.4 Å². The SMILES string of the molecule is Cc1cn(C)c2c1C(C)(C)Oc1ccccc1-2. The van der Waals surface area contributed by atoms with Crippen LogP contribution in [0, 0.1) is 6.92 Å². The molecule has 0 saturated heterocycles. The lowest BCUT2D eigenvalue weighted by Gasteiger charge is -2.34. The van der Waals surface area contributed by atoms with Crippen LogP contribution in [0.2, 0.25) is 0 Å². The highest BCUT2D eigenvalue weighted by atomic mass is 16.5. The number of fused-ring (bicyclic) bond motifs is 3. The van der Waals surface area contributed by atoms with Crippen molar-refractivity contribution >= 4 is 0 Å². The molecular formula is C15H17NO. The van der Waals surface area contributed by atoms with Gasteiger partial charge in [0.2, 0.25) is 0 Å². The maximum absolute atomic E-state index is 6.13. The van der Waals surface area contributed by atoms with E-state index in [1.807, 2.05) is 12.1 Å². The van der Waals surface area contributed by atoms with Gasteiger partial charge in [-0.25, -0.2) is 0 Å². The lowest BCUT2D eigenvalue weighted by molar-refractivity contribution is 0.105. The first kappa shape index (κ1) is 10.5. The van der Waals surface area contributed by atoms with Crippen molar-refractivity contribution < 1.29 is 4.74 Å². The fraction of sp³-hybridized carbons (Fsp3) is 0.333. The summed E-state index contributed by atoms with van der Waals surface area (Å²) in [5, 5.41) is 0. The highest BCUT2D eigenvalue weighted by molar-refractivity contribution is 5.75. The van der Waals surface area contributed by atoms with E-state index < -0.39 is 0 Å². The summed E-state index contributed by atoms with van der Waals surface area (Å²) >= 11 is 0. The maximum atomic E-state index is 6.13. The van der Waals surface area contributed by atoms with Crippen LogP contribution in [0.15, 0.2) is 30.5 Å². The van der Waals surface area contributed by atoms with Crippen LogP contribution < -0.4 is 4.74 Å². The molecule has 0 bridgehead atoms. The fourth-order valence-corrected chi connectivity index (χ4v) is 2.94. The molecule has 1 aliphatic heterocycles. The van der Waals surface area contributed by atoms with Crippen LogP contribution in [-0.2, 0) is 12.6 Å². The summed E-state index contributed by atoms with van der Waals surface area (Å²) in [7, 11) is 2.10. The number of para-hydroxylation sites is 1. The van der Waals surface area contributed by atoms with Crippen LogP contribution in [0.4, 0.5) is 0 Å². The average Bonchev–Trinajstić information content (AvgIpc) is 2.55. The van der Waals surface area contributed by atoms with Gasteiger partial charge in [-0.15, -0.1) is 0 Å². The Morgan fingerprint density at radius 3 is 2.65 bits per heavy atom. The van der Waals surface area contributed by atoms with Crippen LogP contribution in [0.5, 0.6) is 5.75 Å². The molecule has 0 unspecified atom stereocenters. The van der Waals surface area contributed by atoms with Crippen molar-refractivity contribution in [1.82, 2.24) is 4.57 Å². The quantitative estimate of drug-likeness (QED) is 0.670. The van der Waals surface area contributed by atoms with E-state index in [4.69, 9.17) is 4.74 Å². The van der Waals surface area contributed by atoms with Crippen molar-refractivity contribution in [1.29, 1.82) is 0 Å². The van der Waals surface area contributed by atoms with Gasteiger partial charge in [-0.3, -0.25) is 0 Å². The molecule has 2 nitrogen and oxygen atoms in total. The highest BCUT2D eigenvalue weighted by Crippen LogP contribution is 2.46. The van der Waals surface area contributed by atoms with Crippen molar-refractivity contribution in [3.05, 3.63) is 41.6 Å². The zero-order chi connectivity index (χ0) is 12.2. The minimum Gasteiger partial charge on any atom is -0.482 e. The van der Waals surface area contributed by atoms with Crippen molar-refractivity contribution in [2.24, 2.45) is 7.05 Å². The molecule has 17 heavy (non-hydrogen) atoms. The molecule has 0 aliphatic carbocycles. The minimum absolute atomic E-state index is 0.255. The Kier molecular flexibility index (Phi) is 1.94. The molecule has 3 rings (SSSR count). The van der Waals surface area contributed by atoms with Gasteiger partial charge in [0.1, 0.15) is 11.4 Å². The Labute approximate surface area is 102 Å². The van der Waals surface area contributed by atoms with Gasteiger partial charge >= 0.3 is 0 Å². The molecule has 0 spiro atoms. The van der Waals surface area contributed by atoms with Gasteiger partial charge in [0.15, 0.2) is 0 Å². The average molecular weight is 227 g/mol. The minimum atomic E-state index is -0.255. The van der Waals surface area contributed by atoms with E-state index in [1.54, 1.807) is 0 Å². The summed E-state index contributed by atoms with van der Waals surface area (Å²) in [5.41, 5.74) is 4.82.